The van der Waals surface area contributed by atoms with E-state index in [1.807, 2.05) is 6.92 Å². The molecule has 0 saturated carbocycles. The van der Waals surface area contributed by atoms with Gasteiger partial charge in [-0.2, -0.15) is 13.2 Å². The summed E-state index contributed by atoms with van der Waals surface area (Å²) in [6, 6.07) is 2.44. The van der Waals surface area contributed by atoms with Gasteiger partial charge in [0, 0.05) is 11.9 Å². The summed E-state index contributed by atoms with van der Waals surface area (Å²) in [5.41, 5.74) is -0.0253. The molecule has 0 radical (unpaired) electrons. The van der Waals surface area contributed by atoms with Crippen molar-refractivity contribution in [2.24, 2.45) is 0 Å². The van der Waals surface area contributed by atoms with Gasteiger partial charge in [-0.25, -0.2) is 0 Å². The average molecular weight is 175 g/mol. The molecule has 0 aromatic carbocycles. The Morgan fingerprint density at radius 1 is 1.33 bits per heavy atom. The molecule has 1 rings (SSSR count). The Morgan fingerprint density at radius 2 is 2.00 bits per heavy atom. The minimum absolute atomic E-state index is 0.651. The van der Waals surface area contributed by atoms with E-state index in [4.69, 9.17) is 0 Å². The van der Waals surface area contributed by atoms with Crippen molar-refractivity contribution in [3.63, 3.8) is 0 Å². The van der Waals surface area contributed by atoms with Gasteiger partial charge < -0.3 is 0 Å². The monoisotopic (exact) mass is 175 g/mol. The number of nitrogens with zero attached hydrogens (tertiary/aromatic N) is 1. The Bertz CT molecular complexity index is 250. The number of pyridine rings is 1. The predicted octanol–water partition coefficient (Wildman–Crippen LogP) is 2.66. The molecule has 1 aromatic rings. The van der Waals surface area contributed by atoms with Gasteiger partial charge in [0.05, 0.1) is 5.56 Å². The smallest absolute Gasteiger partial charge is 0.261 e. The molecule has 0 bridgehead atoms. The second-order valence-corrected chi connectivity index (χ2v) is 2.39. The third-order valence-corrected chi connectivity index (χ3v) is 1.51. The van der Waals surface area contributed by atoms with Gasteiger partial charge in [-0.05, 0) is 18.6 Å². The van der Waals surface area contributed by atoms with Crippen molar-refractivity contribution in [1.82, 2.24) is 4.98 Å². The fourth-order valence-electron chi connectivity index (χ4n) is 0.801. The van der Waals surface area contributed by atoms with Crippen molar-refractivity contribution < 1.29 is 13.2 Å². The van der Waals surface area contributed by atoms with Crippen LogP contribution in [0.15, 0.2) is 18.3 Å². The molecule has 4 heteroatoms. The van der Waals surface area contributed by atoms with Crippen LogP contribution in [0.3, 0.4) is 0 Å². The molecule has 12 heavy (non-hydrogen) atoms. The highest BCUT2D eigenvalue weighted by atomic mass is 19.4. The molecule has 1 aromatic heterocycles. The van der Waals surface area contributed by atoms with E-state index < -0.39 is 11.7 Å². The first-order valence-corrected chi connectivity index (χ1v) is 3.56. The largest absolute Gasteiger partial charge is 0.417 e. The predicted molar refractivity (Wildman–Crippen MR) is 38.6 cm³/mol. The van der Waals surface area contributed by atoms with Gasteiger partial charge in [0.1, 0.15) is 0 Å². The fourth-order valence-corrected chi connectivity index (χ4v) is 0.801. The van der Waals surface area contributed by atoms with Gasteiger partial charge in [0.2, 0.25) is 0 Å². The van der Waals surface area contributed by atoms with Crippen LogP contribution in [0.5, 0.6) is 0 Å². The number of alkyl halides is 3. The van der Waals surface area contributed by atoms with Crippen molar-refractivity contribution in [1.29, 1.82) is 0 Å². The minimum atomic E-state index is -4.28. The summed E-state index contributed by atoms with van der Waals surface area (Å²) in [6.45, 7) is 1.84. The summed E-state index contributed by atoms with van der Waals surface area (Å²) < 4.78 is 36.0. The molecule has 0 saturated heterocycles. The molecule has 0 unspecified atom stereocenters. The number of hydrogen-bond acceptors (Lipinski definition) is 1. The molecule has 0 aliphatic carbocycles. The van der Waals surface area contributed by atoms with E-state index in [1.165, 1.54) is 6.07 Å². The van der Waals surface area contributed by atoms with Crippen LogP contribution in [0.25, 0.3) is 0 Å². The molecule has 1 nitrogen and oxygen atoms in total. The molecule has 1 heterocycles. The topological polar surface area (TPSA) is 12.9 Å². The summed E-state index contributed by atoms with van der Waals surface area (Å²) in [4.78, 5) is 3.64. The minimum Gasteiger partial charge on any atom is -0.261 e. The Hall–Kier alpha value is -1.06. The first-order chi connectivity index (χ1) is 5.54. The molecule has 66 valence electrons. The van der Waals surface area contributed by atoms with Crippen LogP contribution in [-0.2, 0) is 12.6 Å². The quantitative estimate of drug-likeness (QED) is 0.639. The molecule has 0 amide bonds. The summed E-state index contributed by atoms with van der Waals surface area (Å²) in [5, 5.41) is 0. The van der Waals surface area contributed by atoms with Gasteiger partial charge in [0.15, 0.2) is 0 Å². The van der Waals surface area contributed by atoms with Crippen LogP contribution < -0.4 is 0 Å². The summed E-state index contributed by atoms with van der Waals surface area (Å²) in [5.74, 6) is 0. The van der Waals surface area contributed by atoms with Crippen LogP contribution in [-0.4, -0.2) is 4.98 Å². The van der Waals surface area contributed by atoms with Crippen molar-refractivity contribution in [3.05, 3.63) is 29.6 Å². The number of halogens is 3. The van der Waals surface area contributed by atoms with Gasteiger partial charge >= 0.3 is 6.18 Å². The Balaban J connectivity index is 2.93. The maximum Gasteiger partial charge on any atom is 0.417 e. The molecular weight excluding hydrogens is 167 g/mol. The molecule has 0 fully saturated rings. The molecule has 0 spiro atoms. The van der Waals surface area contributed by atoms with E-state index in [-0.39, 0.29) is 0 Å². The highest BCUT2D eigenvalue weighted by molar-refractivity contribution is 5.16. The van der Waals surface area contributed by atoms with Crippen molar-refractivity contribution in [2.75, 3.05) is 0 Å². The maximum absolute atomic E-state index is 12.0. The first kappa shape index (κ1) is 9.03. The number of aromatic nitrogens is 1. The van der Waals surface area contributed by atoms with E-state index >= 15 is 0 Å². The molecule has 0 aliphatic rings. The van der Waals surface area contributed by atoms with Crippen LogP contribution in [0.4, 0.5) is 13.2 Å². The zero-order chi connectivity index (χ0) is 9.19. The average Bonchev–Trinajstić information content (AvgIpc) is 2.03. The Kier molecular flexibility index (Phi) is 2.35. The first-order valence-electron chi connectivity index (χ1n) is 3.56. The normalized spacial score (nSPS) is 11.7. The SMILES string of the molecule is CCc1ccc(C(F)(F)F)cn1. The lowest BCUT2D eigenvalue weighted by molar-refractivity contribution is -0.137. The number of hydrogen-bond donors (Lipinski definition) is 0. The zero-order valence-electron chi connectivity index (χ0n) is 6.52. The summed E-state index contributed by atoms with van der Waals surface area (Å²) in [7, 11) is 0. The highest BCUT2D eigenvalue weighted by Gasteiger charge is 2.30. The van der Waals surface area contributed by atoms with Crippen LogP contribution >= 0.6 is 0 Å². The third-order valence-electron chi connectivity index (χ3n) is 1.51. The molecule has 0 N–H and O–H groups in total. The Morgan fingerprint density at radius 3 is 2.33 bits per heavy atom. The lowest BCUT2D eigenvalue weighted by Gasteiger charge is -2.05. The second kappa shape index (κ2) is 3.13. The van der Waals surface area contributed by atoms with E-state index in [0.29, 0.717) is 12.1 Å². The van der Waals surface area contributed by atoms with E-state index in [9.17, 15) is 13.2 Å². The van der Waals surface area contributed by atoms with E-state index in [2.05, 4.69) is 4.98 Å². The second-order valence-electron chi connectivity index (χ2n) is 2.39. The lowest BCUT2D eigenvalue weighted by Crippen LogP contribution is -2.05. The van der Waals surface area contributed by atoms with Gasteiger partial charge in [0.25, 0.3) is 0 Å². The van der Waals surface area contributed by atoms with Crippen molar-refractivity contribution in [2.45, 2.75) is 19.5 Å². The summed E-state index contributed by atoms with van der Waals surface area (Å²) >= 11 is 0. The molecule has 0 aliphatic heterocycles. The lowest BCUT2D eigenvalue weighted by atomic mass is 10.2. The van der Waals surface area contributed by atoms with Crippen LogP contribution in [0.1, 0.15) is 18.2 Å². The van der Waals surface area contributed by atoms with Gasteiger partial charge in [-0.3, -0.25) is 4.98 Å². The summed E-state index contributed by atoms with van der Waals surface area (Å²) in [6.07, 6.45) is -2.77. The van der Waals surface area contributed by atoms with Crippen LogP contribution in [0, 0.1) is 0 Å². The van der Waals surface area contributed by atoms with Gasteiger partial charge in [-0.1, -0.05) is 6.92 Å². The highest BCUT2D eigenvalue weighted by Crippen LogP contribution is 2.28. The van der Waals surface area contributed by atoms with Crippen LogP contribution in [0.2, 0.25) is 0 Å². The van der Waals surface area contributed by atoms with Crippen molar-refractivity contribution >= 4 is 0 Å². The fraction of sp³-hybridized carbons (Fsp3) is 0.375. The van der Waals surface area contributed by atoms with Crippen molar-refractivity contribution in [3.8, 4) is 0 Å². The maximum atomic E-state index is 12.0. The van der Waals surface area contributed by atoms with Gasteiger partial charge in [-0.15, -0.1) is 0 Å². The zero-order valence-corrected chi connectivity index (χ0v) is 6.52. The third kappa shape index (κ3) is 1.96. The number of aryl methyl sites for hydroxylation is 1. The molecular formula is C8H8F3N. The Labute approximate surface area is 68.2 Å². The number of rotatable bonds is 1. The standard InChI is InChI=1S/C8H8F3N/c1-2-7-4-3-6(5-12-7)8(9,10)11/h3-5H,2H2,1H3. The van der Waals surface area contributed by atoms with E-state index in [0.717, 1.165) is 12.3 Å². The van der Waals surface area contributed by atoms with E-state index in [1.54, 1.807) is 0 Å². The molecule has 0 atom stereocenters.